The number of carbonyl (C=O) groups excluding carboxylic acids is 2. The lowest BCUT2D eigenvalue weighted by Crippen LogP contribution is -2.46. The summed E-state index contributed by atoms with van der Waals surface area (Å²) in [5, 5.41) is 0. The normalized spacial score (nSPS) is 17.4. The Hall–Kier alpha value is -2.04. The second-order valence-corrected chi connectivity index (χ2v) is 4.74. The monoisotopic (exact) mass is 276 g/mol. The van der Waals surface area contributed by atoms with Crippen molar-refractivity contribution in [2.24, 2.45) is 0 Å². The number of amides is 2. The van der Waals surface area contributed by atoms with Crippen molar-refractivity contribution >= 4 is 17.5 Å². The number of likely N-dealkylation sites (N-methyl/N-ethyl adjacent to an activating group) is 1. The number of ether oxygens (including phenoxy) is 1. The van der Waals surface area contributed by atoms with Crippen molar-refractivity contribution < 1.29 is 14.3 Å². The van der Waals surface area contributed by atoms with Crippen LogP contribution in [0.25, 0.3) is 0 Å². The van der Waals surface area contributed by atoms with Crippen LogP contribution in [0.15, 0.2) is 24.3 Å². The molecule has 108 valence electrons. The van der Waals surface area contributed by atoms with Gasteiger partial charge in [0.2, 0.25) is 5.91 Å². The second-order valence-electron chi connectivity index (χ2n) is 4.74. The van der Waals surface area contributed by atoms with Crippen molar-refractivity contribution in [1.29, 1.82) is 0 Å². The highest BCUT2D eigenvalue weighted by molar-refractivity contribution is 6.01. The van der Waals surface area contributed by atoms with Gasteiger partial charge in [-0.2, -0.15) is 0 Å². The highest BCUT2D eigenvalue weighted by Crippen LogP contribution is 2.33. The molecule has 0 spiro atoms. The fraction of sp³-hybridized carbons (Fsp3) is 0.467. The molecule has 1 heterocycles. The Bertz CT molecular complexity index is 512. The highest BCUT2D eigenvalue weighted by Gasteiger charge is 2.34. The molecular formula is C15H20N2O3. The zero-order chi connectivity index (χ0) is 14.7. The van der Waals surface area contributed by atoms with E-state index in [0.29, 0.717) is 18.8 Å². The van der Waals surface area contributed by atoms with E-state index in [1.165, 1.54) is 0 Å². The van der Waals surface area contributed by atoms with Gasteiger partial charge in [0.25, 0.3) is 5.91 Å². The number of carbonyl (C=O) groups is 2. The van der Waals surface area contributed by atoms with Gasteiger partial charge in [-0.15, -0.1) is 0 Å². The molecule has 1 aliphatic heterocycles. The van der Waals surface area contributed by atoms with E-state index in [-0.39, 0.29) is 18.2 Å². The molecule has 2 amide bonds. The molecule has 0 bridgehead atoms. The van der Waals surface area contributed by atoms with Gasteiger partial charge in [0.15, 0.2) is 6.10 Å². The maximum atomic E-state index is 12.3. The maximum Gasteiger partial charge on any atom is 0.268 e. The average molecular weight is 276 g/mol. The summed E-state index contributed by atoms with van der Waals surface area (Å²) < 4.78 is 5.69. The molecule has 0 saturated carbocycles. The van der Waals surface area contributed by atoms with Crippen molar-refractivity contribution in [2.45, 2.75) is 26.4 Å². The van der Waals surface area contributed by atoms with Crippen LogP contribution in [-0.4, -0.2) is 43.0 Å². The molecule has 1 atom stereocenters. The Morgan fingerprint density at radius 2 is 1.95 bits per heavy atom. The van der Waals surface area contributed by atoms with Gasteiger partial charge in [-0.25, -0.2) is 0 Å². The van der Waals surface area contributed by atoms with E-state index in [2.05, 4.69) is 0 Å². The minimum Gasteiger partial charge on any atom is -0.478 e. The van der Waals surface area contributed by atoms with Gasteiger partial charge in [0, 0.05) is 20.1 Å². The summed E-state index contributed by atoms with van der Waals surface area (Å²) >= 11 is 0. The number of hydrogen-bond donors (Lipinski definition) is 0. The summed E-state index contributed by atoms with van der Waals surface area (Å²) in [5.41, 5.74) is 0.740. The van der Waals surface area contributed by atoms with Crippen LogP contribution in [0.4, 0.5) is 5.69 Å². The van der Waals surface area contributed by atoms with Gasteiger partial charge >= 0.3 is 0 Å². The number of rotatable bonds is 4. The molecule has 1 aliphatic rings. The molecule has 1 aromatic rings. The summed E-state index contributed by atoms with van der Waals surface area (Å²) in [6.45, 7) is 5.13. The Balaban J connectivity index is 2.15. The third kappa shape index (κ3) is 2.61. The number of hydrogen-bond acceptors (Lipinski definition) is 3. The molecule has 0 radical (unpaired) electrons. The van der Waals surface area contributed by atoms with Gasteiger partial charge in [-0.05, 0) is 26.0 Å². The number of benzene rings is 1. The van der Waals surface area contributed by atoms with Gasteiger partial charge in [0.05, 0.1) is 12.1 Å². The minimum atomic E-state index is -0.733. The first-order chi connectivity index (χ1) is 9.58. The van der Waals surface area contributed by atoms with E-state index in [1.807, 2.05) is 38.1 Å². The number of nitrogens with zero attached hydrogens (tertiary/aromatic N) is 2. The summed E-state index contributed by atoms with van der Waals surface area (Å²) in [4.78, 5) is 27.6. The van der Waals surface area contributed by atoms with Gasteiger partial charge in [-0.1, -0.05) is 12.1 Å². The first-order valence-corrected chi connectivity index (χ1v) is 6.89. The van der Waals surface area contributed by atoms with Crippen molar-refractivity contribution in [3.05, 3.63) is 24.3 Å². The van der Waals surface area contributed by atoms with E-state index in [0.717, 1.165) is 5.69 Å². The minimum absolute atomic E-state index is 0.0545. The summed E-state index contributed by atoms with van der Waals surface area (Å²) in [5.74, 6) is 0.414. The van der Waals surface area contributed by atoms with Crippen LogP contribution in [0, 0.1) is 0 Å². The zero-order valence-corrected chi connectivity index (χ0v) is 12.1. The van der Waals surface area contributed by atoms with Gasteiger partial charge in [0.1, 0.15) is 5.75 Å². The summed E-state index contributed by atoms with van der Waals surface area (Å²) in [6.07, 6.45) is -0.651. The number of anilines is 1. The second kappa shape index (κ2) is 5.94. The largest absolute Gasteiger partial charge is 0.478 e. The molecule has 0 N–H and O–H groups in total. The van der Waals surface area contributed by atoms with Crippen LogP contribution in [0.2, 0.25) is 0 Å². The van der Waals surface area contributed by atoms with Crippen LogP contribution >= 0.6 is 0 Å². The van der Waals surface area contributed by atoms with Crippen molar-refractivity contribution in [3.63, 3.8) is 0 Å². The Kier molecular flexibility index (Phi) is 4.27. The molecule has 5 nitrogen and oxygen atoms in total. The predicted octanol–water partition coefficient (Wildman–Crippen LogP) is 1.67. The van der Waals surface area contributed by atoms with Gasteiger partial charge < -0.3 is 14.5 Å². The Labute approximate surface area is 119 Å². The van der Waals surface area contributed by atoms with Crippen LogP contribution in [0.1, 0.15) is 20.3 Å². The standard InChI is InChI=1S/C15H20N2O3/c1-4-17(5-2)14(18)10-13-15(19)16(3)11-8-6-7-9-12(11)20-13/h6-9,13H,4-5,10H2,1-3H3. The topological polar surface area (TPSA) is 49.9 Å². The molecule has 0 fully saturated rings. The van der Waals surface area contributed by atoms with Crippen LogP contribution in [0.5, 0.6) is 5.75 Å². The van der Waals surface area contributed by atoms with E-state index < -0.39 is 6.10 Å². The lowest BCUT2D eigenvalue weighted by Gasteiger charge is -2.32. The molecule has 0 aromatic heterocycles. The number of para-hydroxylation sites is 2. The predicted molar refractivity (Wildman–Crippen MR) is 76.8 cm³/mol. The van der Waals surface area contributed by atoms with Crippen molar-refractivity contribution in [2.75, 3.05) is 25.0 Å². The average Bonchev–Trinajstić information content (AvgIpc) is 2.46. The van der Waals surface area contributed by atoms with Crippen LogP contribution in [0.3, 0.4) is 0 Å². The van der Waals surface area contributed by atoms with Crippen LogP contribution in [-0.2, 0) is 9.59 Å². The Morgan fingerprint density at radius 1 is 1.30 bits per heavy atom. The first-order valence-electron chi connectivity index (χ1n) is 6.89. The fourth-order valence-corrected chi connectivity index (χ4v) is 2.37. The lowest BCUT2D eigenvalue weighted by atomic mass is 10.1. The van der Waals surface area contributed by atoms with Crippen molar-refractivity contribution in [1.82, 2.24) is 4.90 Å². The lowest BCUT2D eigenvalue weighted by molar-refractivity contribution is -0.137. The molecular weight excluding hydrogens is 256 g/mol. The smallest absolute Gasteiger partial charge is 0.268 e. The molecule has 1 aromatic carbocycles. The van der Waals surface area contributed by atoms with Crippen LogP contribution < -0.4 is 9.64 Å². The molecule has 0 aliphatic carbocycles. The maximum absolute atomic E-state index is 12.3. The fourth-order valence-electron chi connectivity index (χ4n) is 2.37. The third-order valence-corrected chi connectivity index (χ3v) is 3.58. The third-order valence-electron chi connectivity index (χ3n) is 3.58. The van der Waals surface area contributed by atoms with E-state index in [9.17, 15) is 9.59 Å². The first kappa shape index (κ1) is 14.4. The summed E-state index contributed by atoms with van der Waals surface area (Å²) in [7, 11) is 1.71. The van der Waals surface area contributed by atoms with E-state index >= 15 is 0 Å². The quantitative estimate of drug-likeness (QED) is 0.840. The molecule has 1 unspecified atom stereocenters. The zero-order valence-electron chi connectivity index (χ0n) is 12.1. The highest BCUT2D eigenvalue weighted by atomic mass is 16.5. The van der Waals surface area contributed by atoms with Gasteiger partial charge in [-0.3, -0.25) is 9.59 Å². The molecule has 5 heteroatoms. The summed E-state index contributed by atoms with van der Waals surface area (Å²) in [6, 6.07) is 7.35. The molecule has 0 saturated heterocycles. The SMILES string of the molecule is CCN(CC)C(=O)CC1Oc2ccccc2N(C)C1=O. The molecule has 2 rings (SSSR count). The van der Waals surface area contributed by atoms with Crippen molar-refractivity contribution in [3.8, 4) is 5.75 Å². The number of fused-ring (bicyclic) bond motifs is 1. The molecule has 20 heavy (non-hydrogen) atoms. The van der Waals surface area contributed by atoms with E-state index in [1.54, 1.807) is 16.8 Å². The Morgan fingerprint density at radius 3 is 2.60 bits per heavy atom. The van der Waals surface area contributed by atoms with E-state index in [4.69, 9.17) is 4.74 Å².